The minimum Gasteiger partial charge on any atom is -0.388 e. The summed E-state index contributed by atoms with van der Waals surface area (Å²) < 4.78 is 0. The first-order valence-electron chi connectivity index (χ1n) is 6.42. The quantitative estimate of drug-likeness (QED) is 0.814. The van der Waals surface area contributed by atoms with Crippen molar-refractivity contribution in [2.24, 2.45) is 0 Å². The maximum atomic E-state index is 9.96. The molecule has 1 N–H and O–H groups in total. The lowest BCUT2D eigenvalue weighted by Crippen LogP contribution is -2.32. The summed E-state index contributed by atoms with van der Waals surface area (Å²) in [6.45, 7) is 4.29. The van der Waals surface area contributed by atoms with E-state index in [1.807, 2.05) is 23.9 Å². The summed E-state index contributed by atoms with van der Waals surface area (Å²) in [6.07, 6.45) is 1.81. The van der Waals surface area contributed by atoms with Crippen molar-refractivity contribution >= 4 is 17.4 Å². The van der Waals surface area contributed by atoms with E-state index in [0.717, 1.165) is 25.1 Å². The molecular formula is C14H21NOS. The number of rotatable bonds is 5. The number of anilines is 1. The van der Waals surface area contributed by atoms with Crippen molar-refractivity contribution in [2.75, 3.05) is 29.5 Å². The van der Waals surface area contributed by atoms with Crippen LogP contribution in [0, 0.1) is 0 Å². The first-order valence-corrected chi connectivity index (χ1v) is 7.58. The number of fused-ring (bicyclic) bond motifs is 1. The fourth-order valence-electron chi connectivity index (χ4n) is 2.35. The third kappa shape index (κ3) is 3.17. The van der Waals surface area contributed by atoms with Crippen molar-refractivity contribution in [3.63, 3.8) is 0 Å². The van der Waals surface area contributed by atoms with Gasteiger partial charge in [0.15, 0.2) is 0 Å². The molecule has 0 radical (unpaired) electrons. The van der Waals surface area contributed by atoms with Gasteiger partial charge in [0.1, 0.15) is 0 Å². The van der Waals surface area contributed by atoms with Gasteiger partial charge in [-0.05, 0) is 30.4 Å². The van der Waals surface area contributed by atoms with Crippen LogP contribution in [0.15, 0.2) is 24.3 Å². The summed E-state index contributed by atoms with van der Waals surface area (Å²) >= 11 is 2.00. The fraction of sp³-hybridized carbons (Fsp3) is 0.571. The Morgan fingerprint density at radius 1 is 1.41 bits per heavy atom. The predicted octanol–water partition coefficient (Wildman–Crippen LogP) is 3.07. The summed E-state index contributed by atoms with van der Waals surface area (Å²) in [5, 5.41) is 9.96. The van der Waals surface area contributed by atoms with Gasteiger partial charge in [-0.15, -0.1) is 0 Å². The Bertz CT molecular complexity index is 356. The number of benzene rings is 1. The smallest absolute Gasteiger partial charge is 0.0826 e. The number of thioether (sulfide) groups is 1. The first kappa shape index (κ1) is 12.8. The van der Waals surface area contributed by atoms with Gasteiger partial charge in [0.2, 0.25) is 0 Å². The van der Waals surface area contributed by atoms with Crippen LogP contribution in [0.5, 0.6) is 0 Å². The second-order valence-electron chi connectivity index (χ2n) is 4.40. The zero-order valence-electron chi connectivity index (χ0n) is 10.4. The molecule has 0 saturated heterocycles. The molecule has 0 spiro atoms. The molecule has 2 nitrogen and oxygen atoms in total. The maximum Gasteiger partial charge on any atom is 0.0826 e. The van der Waals surface area contributed by atoms with E-state index in [1.165, 1.54) is 23.6 Å². The van der Waals surface area contributed by atoms with Gasteiger partial charge >= 0.3 is 0 Å². The second-order valence-corrected chi connectivity index (χ2v) is 5.79. The van der Waals surface area contributed by atoms with Crippen LogP contribution in [-0.2, 0) is 0 Å². The molecule has 2 rings (SSSR count). The molecule has 1 aromatic rings. The third-order valence-electron chi connectivity index (χ3n) is 3.23. The van der Waals surface area contributed by atoms with Crippen LogP contribution >= 0.6 is 11.8 Å². The molecule has 94 valence electrons. The highest BCUT2D eigenvalue weighted by Crippen LogP contribution is 2.33. The minimum atomic E-state index is -0.271. The highest BCUT2D eigenvalue weighted by atomic mass is 32.2. The molecule has 0 aliphatic carbocycles. The maximum absolute atomic E-state index is 9.96. The number of aliphatic hydroxyl groups excluding tert-OH is 1. The van der Waals surface area contributed by atoms with Gasteiger partial charge in [-0.25, -0.2) is 0 Å². The van der Waals surface area contributed by atoms with Gasteiger partial charge in [0.05, 0.1) is 6.10 Å². The average Bonchev–Trinajstić information content (AvgIpc) is 2.37. The third-order valence-corrected chi connectivity index (χ3v) is 4.22. The summed E-state index contributed by atoms with van der Waals surface area (Å²) in [6, 6.07) is 8.25. The number of hydrogen-bond donors (Lipinski definition) is 1. The van der Waals surface area contributed by atoms with E-state index in [-0.39, 0.29) is 6.10 Å². The van der Waals surface area contributed by atoms with Gasteiger partial charge in [0, 0.05) is 24.3 Å². The van der Waals surface area contributed by atoms with E-state index in [0.29, 0.717) is 0 Å². The van der Waals surface area contributed by atoms with Crippen LogP contribution < -0.4 is 4.90 Å². The van der Waals surface area contributed by atoms with Crippen LogP contribution in [0.25, 0.3) is 0 Å². The van der Waals surface area contributed by atoms with E-state index in [1.54, 1.807) is 0 Å². The zero-order valence-corrected chi connectivity index (χ0v) is 11.2. The lowest BCUT2D eigenvalue weighted by Gasteiger charge is -2.33. The first-order chi connectivity index (χ1) is 8.33. The van der Waals surface area contributed by atoms with Gasteiger partial charge in [0.25, 0.3) is 0 Å². The number of hydrogen-bond acceptors (Lipinski definition) is 3. The Labute approximate surface area is 108 Å². The molecule has 1 atom stereocenters. The SMILES string of the molecule is CCSCCCN1CCC(O)c2ccccc21. The summed E-state index contributed by atoms with van der Waals surface area (Å²) in [4.78, 5) is 2.41. The molecule has 0 amide bonds. The molecule has 1 aliphatic rings. The highest BCUT2D eigenvalue weighted by molar-refractivity contribution is 7.99. The van der Waals surface area contributed by atoms with Crippen molar-refractivity contribution < 1.29 is 5.11 Å². The standard InChI is InChI=1S/C14H21NOS/c1-2-17-11-5-9-15-10-8-14(16)12-6-3-4-7-13(12)15/h3-4,6-7,14,16H,2,5,8-11H2,1H3. The Hall–Kier alpha value is -0.670. The van der Waals surface area contributed by atoms with Crippen LogP contribution in [0.4, 0.5) is 5.69 Å². The zero-order chi connectivity index (χ0) is 12.1. The number of aliphatic hydroxyl groups is 1. The molecule has 0 bridgehead atoms. The van der Waals surface area contributed by atoms with Crippen molar-refractivity contribution in [3.05, 3.63) is 29.8 Å². The van der Waals surface area contributed by atoms with Crippen LogP contribution in [0.1, 0.15) is 31.4 Å². The van der Waals surface area contributed by atoms with Crippen LogP contribution in [0.2, 0.25) is 0 Å². The fourth-order valence-corrected chi connectivity index (χ4v) is 2.97. The molecule has 0 fully saturated rings. The summed E-state index contributed by atoms with van der Waals surface area (Å²) in [5.74, 6) is 2.44. The monoisotopic (exact) mass is 251 g/mol. The largest absolute Gasteiger partial charge is 0.388 e. The highest BCUT2D eigenvalue weighted by Gasteiger charge is 2.22. The molecule has 17 heavy (non-hydrogen) atoms. The summed E-state index contributed by atoms with van der Waals surface area (Å²) in [7, 11) is 0. The second kappa shape index (κ2) is 6.31. The molecule has 1 aliphatic heterocycles. The predicted molar refractivity (Wildman–Crippen MR) is 75.8 cm³/mol. The van der Waals surface area contributed by atoms with Gasteiger partial charge < -0.3 is 10.0 Å². The van der Waals surface area contributed by atoms with Gasteiger partial charge in [-0.3, -0.25) is 0 Å². The Balaban J connectivity index is 1.98. The average molecular weight is 251 g/mol. The van der Waals surface area contributed by atoms with Gasteiger partial charge in [-0.1, -0.05) is 25.1 Å². The van der Waals surface area contributed by atoms with Crippen molar-refractivity contribution in [1.29, 1.82) is 0 Å². The van der Waals surface area contributed by atoms with Crippen LogP contribution in [-0.4, -0.2) is 29.7 Å². The molecule has 0 aromatic heterocycles. The minimum absolute atomic E-state index is 0.271. The molecule has 1 heterocycles. The normalized spacial score (nSPS) is 19.2. The van der Waals surface area contributed by atoms with E-state index in [4.69, 9.17) is 0 Å². The van der Waals surface area contributed by atoms with Crippen LogP contribution in [0.3, 0.4) is 0 Å². The number of para-hydroxylation sites is 1. The Morgan fingerprint density at radius 3 is 3.06 bits per heavy atom. The van der Waals surface area contributed by atoms with Crippen molar-refractivity contribution in [1.82, 2.24) is 0 Å². The van der Waals surface area contributed by atoms with E-state index in [2.05, 4.69) is 24.0 Å². The summed E-state index contributed by atoms with van der Waals surface area (Å²) in [5.41, 5.74) is 2.33. The van der Waals surface area contributed by atoms with Crippen molar-refractivity contribution in [3.8, 4) is 0 Å². The molecular weight excluding hydrogens is 230 g/mol. The van der Waals surface area contributed by atoms with Crippen molar-refractivity contribution in [2.45, 2.75) is 25.9 Å². The Morgan fingerprint density at radius 2 is 2.24 bits per heavy atom. The molecule has 3 heteroatoms. The topological polar surface area (TPSA) is 23.5 Å². The molecule has 0 saturated carbocycles. The molecule has 1 unspecified atom stereocenters. The van der Waals surface area contributed by atoms with E-state index >= 15 is 0 Å². The van der Waals surface area contributed by atoms with E-state index in [9.17, 15) is 5.11 Å². The number of nitrogens with zero attached hydrogens (tertiary/aromatic N) is 1. The van der Waals surface area contributed by atoms with E-state index < -0.39 is 0 Å². The molecule has 1 aromatic carbocycles. The van der Waals surface area contributed by atoms with Gasteiger partial charge in [-0.2, -0.15) is 11.8 Å². The lowest BCUT2D eigenvalue weighted by molar-refractivity contribution is 0.164. The lowest BCUT2D eigenvalue weighted by atomic mass is 9.99. The Kier molecular flexibility index (Phi) is 4.75.